The van der Waals surface area contributed by atoms with Crippen LogP contribution in [0.5, 0.6) is 11.5 Å². The molecule has 0 spiro atoms. The molecule has 0 aliphatic rings. The number of thiazole rings is 1. The molecule has 0 atom stereocenters. The van der Waals surface area contributed by atoms with Crippen molar-refractivity contribution in [1.82, 2.24) is 14.8 Å². The third kappa shape index (κ3) is 5.15. The Morgan fingerprint density at radius 2 is 1.72 bits per heavy atom. The summed E-state index contributed by atoms with van der Waals surface area (Å²) in [5, 5.41) is 1.97. The Balaban J connectivity index is 1.87. The van der Waals surface area contributed by atoms with Gasteiger partial charge in [-0.2, -0.15) is 0 Å². The average molecular weight is 547 g/mol. The molecule has 0 fully saturated rings. The van der Waals surface area contributed by atoms with E-state index in [4.69, 9.17) is 21.1 Å². The Kier molecular flexibility index (Phi) is 7.48. The number of hydrazine groups is 1. The minimum Gasteiger partial charge on any atom is -0.493 e. The number of nitrogens with zero attached hydrogens (tertiary/aromatic N) is 3. The third-order valence-corrected chi connectivity index (χ3v) is 7.90. The second kappa shape index (κ2) is 10.4. The van der Waals surface area contributed by atoms with Crippen LogP contribution in [0.4, 0.5) is 10.8 Å². The number of fused-ring (bicyclic) bond motifs is 1. The first kappa shape index (κ1) is 25.9. The fourth-order valence-corrected chi connectivity index (χ4v) is 5.90. The van der Waals surface area contributed by atoms with Crippen molar-refractivity contribution in [2.75, 3.05) is 33.2 Å². The summed E-state index contributed by atoms with van der Waals surface area (Å²) < 4.78 is 36.6. The molecule has 188 valence electrons. The maximum atomic E-state index is 13.8. The lowest BCUT2D eigenvalue weighted by Gasteiger charge is -2.22. The van der Waals surface area contributed by atoms with Crippen LogP contribution in [0.15, 0.2) is 65.6 Å². The first-order valence-corrected chi connectivity index (χ1v) is 13.2. The van der Waals surface area contributed by atoms with Gasteiger partial charge in [0.25, 0.3) is 15.9 Å². The molecule has 0 radical (unpaired) electrons. The van der Waals surface area contributed by atoms with Gasteiger partial charge in [0.05, 0.1) is 45.6 Å². The molecule has 36 heavy (non-hydrogen) atoms. The van der Waals surface area contributed by atoms with E-state index >= 15 is 0 Å². The molecule has 12 heteroatoms. The van der Waals surface area contributed by atoms with Crippen LogP contribution in [0.3, 0.4) is 0 Å². The number of hydrogen-bond acceptors (Lipinski definition) is 8. The van der Waals surface area contributed by atoms with Gasteiger partial charge in [0.15, 0.2) is 16.6 Å². The summed E-state index contributed by atoms with van der Waals surface area (Å²) in [6.45, 7) is 0. The lowest BCUT2D eigenvalue weighted by Crippen LogP contribution is -2.36. The number of hydrogen-bond donors (Lipinski definition) is 1. The average Bonchev–Trinajstić information content (AvgIpc) is 3.26. The number of carbonyl (C=O) groups excluding carboxylic acids is 1. The van der Waals surface area contributed by atoms with Gasteiger partial charge in [-0.3, -0.25) is 9.69 Å². The van der Waals surface area contributed by atoms with Crippen LogP contribution < -0.4 is 19.2 Å². The number of amides is 1. The molecule has 0 unspecified atom stereocenters. The Morgan fingerprint density at radius 3 is 2.39 bits per heavy atom. The second-order valence-electron chi connectivity index (χ2n) is 7.77. The molecule has 1 heterocycles. The van der Waals surface area contributed by atoms with Crippen LogP contribution in [0.2, 0.25) is 5.02 Å². The number of sulfonamides is 1. The number of benzene rings is 3. The van der Waals surface area contributed by atoms with Gasteiger partial charge in [-0.15, -0.1) is 4.83 Å². The van der Waals surface area contributed by atoms with Crippen molar-refractivity contribution < 1.29 is 22.7 Å². The molecule has 4 aromatic rings. The van der Waals surface area contributed by atoms with Crippen molar-refractivity contribution in [3.05, 3.63) is 71.2 Å². The van der Waals surface area contributed by atoms with E-state index in [1.807, 2.05) is 0 Å². The zero-order valence-electron chi connectivity index (χ0n) is 19.9. The van der Waals surface area contributed by atoms with Crippen molar-refractivity contribution in [2.24, 2.45) is 0 Å². The molecule has 1 amide bonds. The molecule has 1 aromatic heterocycles. The van der Waals surface area contributed by atoms with E-state index < -0.39 is 15.9 Å². The van der Waals surface area contributed by atoms with Crippen molar-refractivity contribution in [3.63, 3.8) is 0 Å². The summed E-state index contributed by atoms with van der Waals surface area (Å²) in [5.74, 6) is 0.518. The standard InChI is InChI=1S/C24H23ClN4O5S2/c1-28(2)27-36(31,32)16-10-11-19-22(14-16)35-24(26-19)29(23(30)17-7-5-6-8-18(17)25)15-9-12-20(33-3)21(13-15)34-4/h5-14,27H,1-4H3. The monoisotopic (exact) mass is 546 g/mol. The molecular formula is C24H23ClN4O5S2. The fourth-order valence-electron chi connectivity index (χ4n) is 3.48. The molecule has 0 aliphatic heterocycles. The minimum atomic E-state index is -3.77. The van der Waals surface area contributed by atoms with Gasteiger partial charge in [-0.05, 0) is 42.5 Å². The quantitative estimate of drug-likeness (QED) is 0.320. The van der Waals surface area contributed by atoms with Crippen LogP contribution in [-0.4, -0.2) is 52.6 Å². The number of nitrogens with one attached hydrogen (secondary N) is 1. The van der Waals surface area contributed by atoms with Crippen LogP contribution in [0.25, 0.3) is 10.2 Å². The number of aromatic nitrogens is 1. The smallest absolute Gasteiger partial charge is 0.266 e. The highest BCUT2D eigenvalue weighted by Gasteiger charge is 2.26. The highest BCUT2D eigenvalue weighted by molar-refractivity contribution is 7.89. The Bertz CT molecular complexity index is 1540. The van der Waals surface area contributed by atoms with Gasteiger partial charge in [-0.1, -0.05) is 35.1 Å². The SMILES string of the molecule is COc1ccc(N(C(=O)c2ccccc2Cl)c2nc3ccc(S(=O)(=O)NN(C)C)cc3s2)cc1OC. The largest absolute Gasteiger partial charge is 0.493 e. The van der Waals surface area contributed by atoms with Crippen LogP contribution in [0, 0.1) is 0 Å². The summed E-state index contributed by atoms with van der Waals surface area (Å²) in [4.78, 5) is 22.3. The zero-order chi connectivity index (χ0) is 26.0. The van der Waals surface area contributed by atoms with Gasteiger partial charge >= 0.3 is 0 Å². The normalized spacial score (nSPS) is 11.6. The first-order valence-electron chi connectivity index (χ1n) is 10.6. The van der Waals surface area contributed by atoms with Gasteiger partial charge in [0.1, 0.15) is 0 Å². The van der Waals surface area contributed by atoms with Crippen molar-refractivity contribution >= 4 is 59.9 Å². The van der Waals surface area contributed by atoms with Gasteiger partial charge in [0.2, 0.25) is 0 Å². The van der Waals surface area contributed by atoms with E-state index in [1.165, 1.54) is 47.6 Å². The molecule has 0 saturated carbocycles. The van der Waals surface area contributed by atoms with E-state index in [0.717, 1.165) is 0 Å². The second-order valence-corrected chi connectivity index (χ2v) is 10.9. The van der Waals surface area contributed by atoms with Crippen LogP contribution >= 0.6 is 22.9 Å². The Morgan fingerprint density at radius 1 is 1.00 bits per heavy atom. The first-order chi connectivity index (χ1) is 17.1. The number of anilines is 2. The van der Waals surface area contributed by atoms with E-state index in [-0.39, 0.29) is 15.5 Å². The number of halogens is 1. The van der Waals surface area contributed by atoms with Gasteiger partial charge in [-0.25, -0.2) is 18.4 Å². The molecule has 0 saturated heterocycles. The third-order valence-electron chi connectivity index (χ3n) is 5.09. The molecule has 0 bridgehead atoms. The predicted molar refractivity (Wildman–Crippen MR) is 141 cm³/mol. The number of rotatable bonds is 8. The summed E-state index contributed by atoms with van der Waals surface area (Å²) in [7, 11) is 2.43. The number of ether oxygens (including phenoxy) is 2. The van der Waals surface area contributed by atoms with Gasteiger partial charge < -0.3 is 9.47 Å². The molecule has 0 aliphatic carbocycles. The Labute approximate surface area is 217 Å². The summed E-state index contributed by atoms with van der Waals surface area (Å²) in [6, 6.07) is 16.4. The van der Waals surface area contributed by atoms with Crippen molar-refractivity contribution in [3.8, 4) is 11.5 Å². The molecule has 9 nitrogen and oxygen atoms in total. The van der Waals surface area contributed by atoms with Crippen molar-refractivity contribution in [1.29, 1.82) is 0 Å². The maximum absolute atomic E-state index is 13.8. The van der Waals surface area contributed by atoms with E-state index in [2.05, 4.69) is 9.82 Å². The highest BCUT2D eigenvalue weighted by Crippen LogP contribution is 2.39. The van der Waals surface area contributed by atoms with Crippen LogP contribution in [-0.2, 0) is 10.0 Å². The van der Waals surface area contributed by atoms with E-state index in [9.17, 15) is 13.2 Å². The molecular weight excluding hydrogens is 524 g/mol. The zero-order valence-corrected chi connectivity index (χ0v) is 22.2. The topological polar surface area (TPSA) is 101 Å². The lowest BCUT2D eigenvalue weighted by molar-refractivity contribution is 0.0999. The van der Waals surface area contributed by atoms with Crippen LogP contribution in [0.1, 0.15) is 10.4 Å². The molecule has 4 rings (SSSR count). The lowest BCUT2D eigenvalue weighted by atomic mass is 10.1. The predicted octanol–water partition coefficient (Wildman–Crippen LogP) is 4.70. The maximum Gasteiger partial charge on any atom is 0.266 e. The van der Waals surface area contributed by atoms with E-state index in [0.29, 0.717) is 32.5 Å². The van der Waals surface area contributed by atoms with Gasteiger partial charge in [0, 0.05) is 20.2 Å². The van der Waals surface area contributed by atoms with E-state index in [1.54, 1.807) is 62.6 Å². The van der Waals surface area contributed by atoms with Crippen molar-refractivity contribution in [2.45, 2.75) is 4.90 Å². The number of methoxy groups -OCH3 is 2. The Hall–Kier alpha value is -3.22. The number of carbonyl (C=O) groups is 1. The summed E-state index contributed by atoms with van der Waals surface area (Å²) >= 11 is 7.52. The summed E-state index contributed by atoms with van der Waals surface area (Å²) in [5.41, 5.74) is 1.29. The highest BCUT2D eigenvalue weighted by atomic mass is 35.5. The molecule has 3 aromatic carbocycles. The summed E-state index contributed by atoms with van der Waals surface area (Å²) in [6.07, 6.45) is 0. The fraction of sp³-hybridized carbons (Fsp3) is 0.167. The minimum absolute atomic E-state index is 0.0778. The molecule has 1 N–H and O–H groups in total.